The van der Waals surface area contributed by atoms with Gasteiger partial charge in [0.2, 0.25) is 0 Å². The summed E-state index contributed by atoms with van der Waals surface area (Å²) in [6.45, 7) is 0. The fourth-order valence-corrected chi connectivity index (χ4v) is 1.19. The van der Waals surface area contributed by atoms with Crippen LogP contribution in [-0.4, -0.2) is 0 Å². The molecule has 0 amide bonds. The van der Waals surface area contributed by atoms with Gasteiger partial charge in [0.25, 0.3) is 0 Å². The lowest BCUT2D eigenvalue weighted by atomic mass is 10.1. The molecule has 0 fully saturated rings. The monoisotopic (exact) mass is 220 g/mol. The second-order valence-corrected chi connectivity index (χ2v) is 3.12. The number of halogens is 1. The molecule has 0 atom stereocenters. The number of hydrogen-bond donors (Lipinski definition) is 0. The Labute approximate surface area is 79.2 Å². The van der Waals surface area contributed by atoms with Crippen molar-refractivity contribution in [3.8, 4) is 12.1 Å². The van der Waals surface area contributed by atoms with Gasteiger partial charge in [0.05, 0.1) is 18.1 Å². The second-order valence-electron chi connectivity index (χ2n) is 2.26. The van der Waals surface area contributed by atoms with Gasteiger partial charge in [-0.1, -0.05) is 6.07 Å². The van der Waals surface area contributed by atoms with Gasteiger partial charge in [-0.05, 0) is 33.6 Å². The lowest BCUT2D eigenvalue weighted by Gasteiger charge is -1.96. The Morgan fingerprint density at radius 2 is 2.08 bits per heavy atom. The van der Waals surface area contributed by atoms with E-state index in [-0.39, 0.29) is 0 Å². The smallest absolute Gasteiger partial charge is 0.100 e. The maximum absolute atomic E-state index is 8.65. The molecule has 0 aliphatic carbocycles. The summed E-state index contributed by atoms with van der Waals surface area (Å²) in [7, 11) is 0. The van der Waals surface area contributed by atoms with E-state index in [1.807, 2.05) is 18.2 Å². The number of nitrogens with zero attached hydrogens (tertiary/aromatic N) is 2. The van der Waals surface area contributed by atoms with Crippen LogP contribution in [0.15, 0.2) is 22.7 Å². The quantitative estimate of drug-likeness (QED) is 0.730. The van der Waals surface area contributed by atoms with Crippen molar-refractivity contribution >= 4 is 15.9 Å². The molecule has 0 bridgehead atoms. The Morgan fingerprint density at radius 3 is 2.67 bits per heavy atom. The van der Waals surface area contributed by atoms with Gasteiger partial charge >= 0.3 is 0 Å². The van der Waals surface area contributed by atoms with Gasteiger partial charge < -0.3 is 0 Å². The minimum Gasteiger partial charge on any atom is -0.198 e. The third kappa shape index (κ3) is 1.84. The molecule has 2 nitrogen and oxygen atoms in total. The predicted octanol–water partition coefficient (Wildman–Crippen LogP) is 2.39. The summed E-state index contributed by atoms with van der Waals surface area (Å²) in [6.07, 6.45) is 0.349. The van der Waals surface area contributed by atoms with Gasteiger partial charge in [-0.15, -0.1) is 0 Å². The van der Waals surface area contributed by atoms with Crippen molar-refractivity contribution in [3.63, 3.8) is 0 Å². The van der Waals surface area contributed by atoms with Crippen molar-refractivity contribution in [1.29, 1.82) is 10.5 Å². The fraction of sp³-hybridized carbons (Fsp3) is 0.111. The van der Waals surface area contributed by atoms with Gasteiger partial charge in [0.15, 0.2) is 0 Å². The van der Waals surface area contributed by atoms with E-state index in [2.05, 4.69) is 15.9 Å². The lowest BCUT2D eigenvalue weighted by Crippen LogP contribution is -1.84. The van der Waals surface area contributed by atoms with Crippen LogP contribution in [0.2, 0.25) is 0 Å². The normalized spacial score (nSPS) is 8.58. The van der Waals surface area contributed by atoms with Crippen molar-refractivity contribution in [2.45, 2.75) is 6.42 Å². The molecule has 0 radical (unpaired) electrons. The Kier molecular flexibility index (Phi) is 2.85. The first-order valence-electron chi connectivity index (χ1n) is 3.33. The molecule has 0 heterocycles. The van der Waals surface area contributed by atoms with Crippen LogP contribution in [0, 0.1) is 22.7 Å². The summed E-state index contributed by atoms with van der Waals surface area (Å²) < 4.78 is 0.770. The molecule has 0 spiro atoms. The maximum Gasteiger partial charge on any atom is 0.100 e. The van der Waals surface area contributed by atoms with E-state index in [4.69, 9.17) is 10.5 Å². The molecule has 1 aromatic rings. The summed E-state index contributed by atoms with van der Waals surface area (Å²) in [5.74, 6) is 0. The van der Waals surface area contributed by atoms with Gasteiger partial charge in [0.1, 0.15) is 6.07 Å². The topological polar surface area (TPSA) is 47.6 Å². The van der Waals surface area contributed by atoms with E-state index in [0.717, 1.165) is 10.0 Å². The zero-order chi connectivity index (χ0) is 8.97. The average molecular weight is 221 g/mol. The minimum absolute atomic E-state index is 0.349. The molecule has 1 aromatic carbocycles. The number of rotatable bonds is 1. The zero-order valence-electron chi connectivity index (χ0n) is 6.21. The van der Waals surface area contributed by atoms with Crippen molar-refractivity contribution in [1.82, 2.24) is 0 Å². The summed E-state index contributed by atoms with van der Waals surface area (Å²) in [5, 5.41) is 17.1. The highest BCUT2D eigenvalue weighted by atomic mass is 79.9. The Hall–Kier alpha value is -1.32. The molecule has 0 N–H and O–H groups in total. The molecular weight excluding hydrogens is 216 g/mol. The lowest BCUT2D eigenvalue weighted by molar-refractivity contribution is 1.25. The van der Waals surface area contributed by atoms with Crippen LogP contribution in [0.1, 0.15) is 11.1 Å². The first kappa shape index (κ1) is 8.77. The Bertz CT molecular complexity index is 371. The third-order valence-electron chi connectivity index (χ3n) is 1.43. The van der Waals surface area contributed by atoms with Crippen molar-refractivity contribution in [2.75, 3.05) is 0 Å². The molecule has 12 heavy (non-hydrogen) atoms. The largest absolute Gasteiger partial charge is 0.198 e. The maximum atomic E-state index is 8.65. The summed E-state index contributed by atoms with van der Waals surface area (Å²) in [5.41, 5.74) is 1.44. The molecule has 0 aliphatic heterocycles. The number of hydrogen-bond acceptors (Lipinski definition) is 2. The molecule has 0 aromatic heterocycles. The minimum atomic E-state index is 0.349. The first-order valence-corrected chi connectivity index (χ1v) is 4.12. The van der Waals surface area contributed by atoms with E-state index in [1.54, 1.807) is 12.1 Å². The van der Waals surface area contributed by atoms with Gasteiger partial charge in [-0.2, -0.15) is 10.5 Å². The van der Waals surface area contributed by atoms with Crippen molar-refractivity contribution in [2.24, 2.45) is 0 Å². The molecule has 0 saturated heterocycles. The summed E-state index contributed by atoms with van der Waals surface area (Å²) >= 11 is 3.24. The molecule has 3 heteroatoms. The van der Waals surface area contributed by atoms with Crippen LogP contribution in [0.5, 0.6) is 0 Å². The van der Waals surface area contributed by atoms with Crippen LogP contribution in [0.25, 0.3) is 0 Å². The molecule has 58 valence electrons. The number of nitriles is 2. The fourth-order valence-electron chi connectivity index (χ4n) is 0.859. The van der Waals surface area contributed by atoms with E-state index in [1.165, 1.54) is 0 Å². The molecule has 0 saturated carbocycles. The highest BCUT2D eigenvalue weighted by Crippen LogP contribution is 2.17. The van der Waals surface area contributed by atoms with Crippen LogP contribution in [0.3, 0.4) is 0 Å². The predicted molar refractivity (Wildman–Crippen MR) is 48.2 cm³/mol. The standard InChI is InChI=1S/C9H5BrN2/c10-9-2-1-7(3-4-11)5-8(9)6-12/h1-2,5H,3H2. The van der Waals surface area contributed by atoms with Gasteiger partial charge in [-0.25, -0.2) is 0 Å². The Morgan fingerprint density at radius 1 is 1.33 bits per heavy atom. The van der Waals surface area contributed by atoms with Crippen LogP contribution >= 0.6 is 15.9 Å². The van der Waals surface area contributed by atoms with E-state index in [9.17, 15) is 0 Å². The average Bonchev–Trinajstić information content (AvgIpc) is 2.09. The SMILES string of the molecule is N#CCc1ccc(Br)c(C#N)c1. The summed E-state index contributed by atoms with van der Waals surface area (Å²) in [6, 6.07) is 9.39. The van der Waals surface area contributed by atoms with E-state index in [0.29, 0.717) is 12.0 Å². The third-order valence-corrected chi connectivity index (χ3v) is 2.13. The van der Waals surface area contributed by atoms with Crippen LogP contribution in [0.4, 0.5) is 0 Å². The van der Waals surface area contributed by atoms with Crippen molar-refractivity contribution < 1.29 is 0 Å². The van der Waals surface area contributed by atoms with Gasteiger partial charge in [-0.3, -0.25) is 0 Å². The molecule has 1 rings (SSSR count). The van der Waals surface area contributed by atoms with Crippen LogP contribution in [-0.2, 0) is 6.42 Å². The molecule has 0 aliphatic rings. The van der Waals surface area contributed by atoms with Gasteiger partial charge in [0, 0.05) is 4.47 Å². The molecule has 0 unspecified atom stereocenters. The Balaban J connectivity index is 3.09. The van der Waals surface area contributed by atoms with E-state index >= 15 is 0 Å². The highest BCUT2D eigenvalue weighted by Gasteiger charge is 1.99. The molecular formula is C9H5BrN2. The zero-order valence-corrected chi connectivity index (χ0v) is 7.80. The van der Waals surface area contributed by atoms with E-state index < -0.39 is 0 Å². The first-order chi connectivity index (χ1) is 5.77. The van der Waals surface area contributed by atoms with Crippen LogP contribution < -0.4 is 0 Å². The highest BCUT2D eigenvalue weighted by molar-refractivity contribution is 9.10. The second kappa shape index (κ2) is 3.90. The number of benzene rings is 1. The van der Waals surface area contributed by atoms with Crippen molar-refractivity contribution in [3.05, 3.63) is 33.8 Å². The summed E-state index contributed by atoms with van der Waals surface area (Å²) in [4.78, 5) is 0.